The average molecular weight is 507 g/mol. The zero-order chi connectivity index (χ0) is 27.8. The fraction of sp³-hybridized carbons (Fsp3) is 0.448. The number of rotatable bonds is 9. The lowest BCUT2D eigenvalue weighted by molar-refractivity contribution is -0.142. The highest BCUT2D eigenvalue weighted by Crippen LogP contribution is 2.29. The van der Waals surface area contributed by atoms with E-state index in [1.807, 2.05) is 68.4 Å². The number of alkyl carbamates (subject to hydrolysis) is 1. The first-order valence-electron chi connectivity index (χ1n) is 12.4. The lowest BCUT2D eigenvalue weighted by atomic mass is 9.92. The number of benzene rings is 2. The molecule has 0 heterocycles. The van der Waals surface area contributed by atoms with Gasteiger partial charge >= 0.3 is 6.09 Å². The van der Waals surface area contributed by atoms with Gasteiger partial charge in [0.1, 0.15) is 24.2 Å². The molecule has 2 unspecified atom stereocenters. The third kappa shape index (κ3) is 8.35. The van der Waals surface area contributed by atoms with Crippen molar-refractivity contribution in [1.82, 2.24) is 15.5 Å². The van der Waals surface area contributed by atoms with Crippen LogP contribution in [0.25, 0.3) is 0 Å². The van der Waals surface area contributed by atoms with Crippen LogP contribution in [0.5, 0.6) is 0 Å². The van der Waals surface area contributed by atoms with E-state index in [1.165, 1.54) is 4.90 Å². The maximum atomic E-state index is 13.9. The van der Waals surface area contributed by atoms with Crippen LogP contribution in [0.2, 0.25) is 0 Å². The molecule has 3 amide bonds. The summed E-state index contributed by atoms with van der Waals surface area (Å²) in [7, 11) is 0. The summed E-state index contributed by atoms with van der Waals surface area (Å²) in [5.74, 6) is -1.28. The number of carbonyl (C=O) groups excluding carboxylic acids is 3. The minimum atomic E-state index is -1.07. The molecule has 37 heavy (non-hydrogen) atoms. The third-order valence-corrected chi connectivity index (χ3v) is 5.81. The minimum Gasteiger partial charge on any atom is -0.444 e. The molecule has 8 heteroatoms. The molecule has 2 aromatic carbocycles. The van der Waals surface area contributed by atoms with Crippen molar-refractivity contribution in [3.05, 3.63) is 70.8 Å². The van der Waals surface area contributed by atoms with Crippen molar-refractivity contribution in [2.75, 3.05) is 6.54 Å². The lowest BCUT2D eigenvalue weighted by Crippen LogP contribution is -2.55. The third-order valence-electron chi connectivity index (χ3n) is 5.81. The van der Waals surface area contributed by atoms with Gasteiger partial charge in [-0.3, -0.25) is 9.59 Å². The van der Waals surface area contributed by atoms with Gasteiger partial charge in [0, 0.05) is 6.54 Å². The minimum absolute atomic E-state index is 0.263. The molecule has 0 saturated heterocycles. The Morgan fingerprint density at radius 2 is 1.59 bits per heavy atom. The Balaban J connectivity index is 2.49. The van der Waals surface area contributed by atoms with Gasteiger partial charge in [0.2, 0.25) is 11.8 Å². The van der Waals surface area contributed by atoms with Crippen molar-refractivity contribution < 1.29 is 19.1 Å². The standard InChI is InChI=1S/C29H38N4O4/c1-19(2)24(32-28(36)37-29(5,6)7)27(35)33(17-16-30)25(23-20(3)12-11-13-21(23)4)26(34)31-18-22-14-9-8-10-15-22/h8-15,19,24-25H,17-18H2,1-7H3,(H,31,34)(H,32,36). The molecule has 0 aromatic heterocycles. The maximum absolute atomic E-state index is 13.9. The molecule has 2 N–H and O–H groups in total. The van der Waals surface area contributed by atoms with Gasteiger partial charge in [-0.1, -0.05) is 62.4 Å². The molecular formula is C29H38N4O4. The SMILES string of the molecule is Cc1cccc(C)c1C(C(=O)NCc1ccccc1)N(CC#N)C(=O)C(NC(=O)OC(C)(C)C)C(C)C. The van der Waals surface area contributed by atoms with Gasteiger partial charge in [-0.05, 0) is 62.8 Å². The van der Waals surface area contributed by atoms with Gasteiger partial charge in [0.05, 0.1) is 6.07 Å². The second-order valence-electron chi connectivity index (χ2n) is 10.4. The van der Waals surface area contributed by atoms with E-state index in [2.05, 4.69) is 10.6 Å². The Kier molecular flexibility index (Phi) is 10.2. The summed E-state index contributed by atoms with van der Waals surface area (Å²) < 4.78 is 5.36. The summed E-state index contributed by atoms with van der Waals surface area (Å²) in [6.07, 6.45) is -0.742. The largest absolute Gasteiger partial charge is 0.444 e. The topological polar surface area (TPSA) is 112 Å². The van der Waals surface area contributed by atoms with Gasteiger partial charge in [-0.15, -0.1) is 0 Å². The van der Waals surface area contributed by atoms with Crippen molar-refractivity contribution in [3.8, 4) is 6.07 Å². The van der Waals surface area contributed by atoms with Crippen molar-refractivity contribution in [3.63, 3.8) is 0 Å². The molecule has 0 radical (unpaired) electrons. The normalized spacial score (nSPS) is 12.7. The van der Waals surface area contributed by atoms with Crippen LogP contribution in [0.3, 0.4) is 0 Å². The maximum Gasteiger partial charge on any atom is 0.408 e. The summed E-state index contributed by atoms with van der Waals surface area (Å²) in [4.78, 5) is 41.4. The molecule has 0 spiro atoms. The van der Waals surface area contributed by atoms with Crippen LogP contribution in [0.1, 0.15) is 62.9 Å². The fourth-order valence-corrected chi connectivity index (χ4v) is 4.07. The molecule has 8 nitrogen and oxygen atoms in total. The molecule has 0 saturated carbocycles. The van der Waals surface area contributed by atoms with E-state index < -0.39 is 35.6 Å². The second-order valence-corrected chi connectivity index (χ2v) is 10.4. The van der Waals surface area contributed by atoms with E-state index in [0.717, 1.165) is 16.7 Å². The van der Waals surface area contributed by atoms with Crippen molar-refractivity contribution in [1.29, 1.82) is 5.26 Å². The number of nitriles is 1. The number of hydrogen-bond acceptors (Lipinski definition) is 5. The van der Waals surface area contributed by atoms with Crippen molar-refractivity contribution >= 4 is 17.9 Å². The predicted octanol–water partition coefficient (Wildman–Crippen LogP) is 4.56. The highest BCUT2D eigenvalue weighted by atomic mass is 16.6. The first kappa shape index (κ1) is 29.4. The molecule has 0 bridgehead atoms. The molecule has 2 atom stereocenters. The Morgan fingerprint density at radius 3 is 2.11 bits per heavy atom. The van der Waals surface area contributed by atoms with E-state index in [0.29, 0.717) is 5.56 Å². The predicted molar refractivity (Wildman–Crippen MR) is 142 cm³/mol. The van der Waals surface area contributed by atoms with Crippen LogP contribution in [0.15, 0.2) is 48.5 Å². The smallest absolute Gasteiger partial charge is 0.408 e. The zero-order valence-corrected chi connectivity index (χ0v) is 22.8. The number of amides is 3. The molecule has 198 valence electrons. The molecule has 0 aliphatic heterocycles. The van der Waals surface area contributed by atoms with E-state index in [1.54, 1.807) is 34.6 Å². The monoisotopic (exact) mass is 506 g/mol. The molecule has 0 fully saturated rings. The van der Waals surface area contributed by atoms with Crippen molar-refractivity contribution in [2.24, 2.45) is 5.92 Å². The number of hydrogen-bond donors (Lipinski definition) is 2. The number of nitrogens with one attached hydrogen (secondary N) is 2. The Hall–Kier alpha value is -3.86. The van der Waals surface area contributed by atoms with Crippen LogP contribution in [-0.2, 0) is 20.9 Å². The molecule has 2 aromatic rings. The Morgan fingerprint density at radius 1 is 1.00 bits per heavy atom. The summed E-state index contributed by atoms with van der Waals surface area (Å²) in [6.45, 7) is 12.4. The Bertz CT molecular complexity index is 1110. The summed E-state index contributed by atoms with van der Waals surface area (Å²) in [5.41, 5.74) is 2.44. The van der Waals surface area contributed by atoms with E-state index in [-0.39, 0.29) is 19.0 Å². The quantitative estimate of drug-likeness (QED) is 0.484. The summed E-state index contributed by atoms with van der Waals surface area (Å²) in [6, 6.07) is 15.0. The van der Waals surface area contributed by atoms with Gasteiger partial charge in [-0.25, -0.2) is 4.79 Å². The van der Waals surface area contributed by atoms with Gasteiger partial charge in [0.25, 0.3) is 0 Å². The van der Waals surface area contributed by atoms with Crippen LogP contribution in [-0.4, -0.2) is 41.0 Å². The van der Waals surface area contributed by atoms with Crippen LogP contribution in [0, 0.1) is 31.1 Å². The molecule has 2 rings (SSSR count). The number of carbonyl (C=O) groups is 3. The summed E-state index contributed by atoms with van der Waals surface area (Å²) in [5, 5.41) is 15.3. The zero-order valence-electron chi connectivity index (χ0n) is 22.8. The highest BCUT2D eigenvalue weighted by molar-refractivity contribution is 5.92. The molecule has 0 aliphatic carbocycles. The van der Waals surface area contributed by atoms with Crippen LogP contribution in [0.4, 0.5) is 4.79 Å². The Labute approximate surface area is 220 Å². The van der Waals surface area contributed by atoms with Crippen LogP contribution < -0.4 is 10.6 Å². The van der Waals surface area contributed by atoms with Crippen LogP contribution >= 0.6 is 0 Å². The van der Waals surface area contributed by atoms with Gasteiger partial charge in [0.15, 0.2) is 0 Å². The first-order valence-corrected chi connectivity index (χ1v) is 12.4. The average Bonchev–Trinajstić information content (AvgIpc) is 2.81. The van der Waals surface area contributed by atoms with Gasteiger partial charge in [-0.2, -0.15) is 5.26 Å². The van der Waals surface area contributed by atoms with E-state index in [9.17, 15) is 19.6 Å². The van der Waals surface area contributed by atoms with Gasteiger partial charge < -0.3 is 20.3 Å². The van der Waals surface area contributed by atoms with E-state index >= 15 is 0 Å². The molecular weight excluding hydrogens is 468 g/mol. The van der Waals surface area contributed by atoms with E-state index in [4.69, 9.17) is 4.74 Å². The fourth-order valence-electron chi connectivity index (χ4n) is 4.07. The number of ether oxygens (including phenoxy) is 1. The summed E-state index contributed by atoms with van der Waals surface area (Å²) >= 11 is 0. The number of aryl methyl sites for hydroxylation is 2. The van der Waals surface area contributed by atoms with Crippen molar-refractivity contribution in [2.45, 2.75) is 72.7 Å². The second kappa shape index (κ2) is 12.9. The first-order chi connectivity index (χ1) is 17.4. The number of nitrogens with zero attached hydrogens (tertiary/aromatic N) is 2. The highest BCUT2D eigenvalue weighted by Gasteiger charge is 2.38. The lowest BCUT2D eigenvalue weighted by Gasteiger charge is -2.35. The molecule has 0 aliphatic rings.